The molecule has 2 aromatic rings. The number of halogens is 1. The Labute approximate surface area is 241 Å². The van der Waals surface area contributed by atoms with Gasteiger partial charge in [0.2, 0.25) is 5.95 Å². The molecule has 1 saturated heterocycles. The maximum Gasteiger partial charge on any atom is 0.328 e. The third-order valence-electron chi connectivity index (χ3n) is 7.03. The smallest absolute Gasteiger partial charge is 0.328 e. The number of carbonyl (C=O) groups excluding carboxylic acids is 3. The number of hydrogen-bond acceptors (Lipinski definition) is 9. The highest BCUT2D eigenvalue weighted by molar-refractivity contribution is 5.97. The summed E-state index contributed by atoms with van der Waals surface area (Å²) in [4.78, 5) is 47.9. The molecule has 1 aliphatic rings. The van der Waals surface area contributed by atoms with Crippen LogP contribution in [0.3, 0.4) is 0 Å². The van der Waals surface area contributed by atoms with E-state index >= 15 is 0 Å². The van der Waals surface area contributed by atoms with Crippen molar-refractivity contribution in [3.63, 3.8) is 0 Å². The molecule has 1 atom stereocenters. The van der Waals surface area contributed by atoms with Gasteiger partial charge >= 0.3 is 11.9 Å². The van der Waals surface area contributed by atoms with E-state index in [9.17, 15) is 18.8 Å². The number of aromatic nitrogens is 2. The summed E-state index contributed by atoms with van der Waals surface area (Å²) < 4.78 is 30.4. The molecule has 224 valence electrons. The number of rotatable bonds is 15. The highest BCUT2D eigenvalue weighted by Gasteiger charge is 2.25. The van der Waals surface area contributed by atoms with Crippen LogP contribution in [0.1, 0.15) is 75.2 Å². The maximum absolute atomic E-state index is 14.8. The molecule has 11 heteroatoms. The van der Waals surface area contributed by atoms with E-state index in [0.717, 1.165) is 62.8 Å². The molecule has 0 saturated carbocycles. The summed E-state index contributed by atoms with van der Waals surface area (Å²) >= 11 is 0. The van der Waals surface area contributed by atoms with Gasteiger partial charge in [-0.05, 0) is 76.0 Å². The second-order valence-electron chi connectivity index (χ2n) is 9.93. The Balaban J connectivity index is 1.43. The lowest BCUT2D eigenvalue weighted by molar-refractivity contribution is -0.146. The highest BCUT2D eigenvalue weighted by atomic mass is 19.1. The van der Waals surface area contributed by atoms with Gasteiger partial charge in [0.15, 0.2) is 0 Å². The molecule has 0 aliphatic carbocycles. The van der Waals surface area contributed by atoms with E-state index in [0.29, 0.717) is 18.3 Å². The lowest BCUT2D eigenvalue weighted by Gasteiger charge is -2.32. The maximum atomic E-state index is 14.8. The standard InChI is InChI=1S/C30H41FN4O6/c1-4-21-19-32-30(33-20-21)35-15-13-22(14-16-35)8-7-17-41-23-9-10-24(25(31)18-23)28(37)34-26(29(38)40-6-3)11-12-27(36)39-5-2/h9-10,18-20,22,26H,4-8,11-17H2,1-3H3,(H,34,37)/t26-/m0/s1. The molecule has 0 radical (unpaired) electrons. The first-order valence-electron chi connectivity index (χ1n) is 14.5. The van der Waals surface area contributed by atoms with Gasteiger partial charge in [0.1, 0.15) is 17.6 Å². The molecule has 3 rings (SSSR count). The minimum atomic E-state index is -1.11. The van der Waals surface area contributed by atoms with Gasteiger partial charge in [-0.1, -0.05) is 6.92 Å². The van der Waals surface area contributed by atoms with Crippen LogP contribution < -0.4 is 15.0 Å². The van der Waals surface area contributed by atoms with Gasteiger partial charge in [0.05, 0.1) is 25.4 Å². The van der Waals surface area contributed by atoms with Gasteiger partial charge in [-0.15, -0.1) is 0 Å². The second kappa shape index (κ2) is 16.5. The quantitative estimate of drug-likeness (QED) is 0.247. The highest BCUT2D eigenvalue weighted by Crippen LogP contribution is 2.25. The van der Waals surface area contributed by atoms with Crippen molar-refractivity contribution in [2.45, 2.75) is 71.8 Å². The van der Waals surface area contributed by atoms with Gasteiger partial charge in [0, 0.05) is 38.0 Å². The number of ether oxygens (including phenoxy) is 3. The molecular formula is C30H41FN4O6. The van der Waals surface area contributed by atoms with Crippen LogP contribution in [0.5, 0.6) is 5.75 Å². The summed E-state index contributed by atoms with van der Waals surface area (Å²) in [5, 5.41) is 2.47. The number of aryl methyl sites for hydroxylation is 1. The average Bonchev–Trinajstić information content (AvgIpc) is 2.98. The van der Waals surface area contributed by atoms with Gasteiger partial charge in [-0.3, -0.25) is 9.59 Å². The lowest BCUT2D eigenvalue weighted by Crippen LogP contribution is -2.42. The third kappa shape index (κ3) is 9.98. The molecule has 0 unspecified atom stereocenters. The number of nitrogens with one attached hydrogen (secondary N) is 1. The zero-order valence-electron chi connectivity index (χ0n) is 24.2. The number of benzene rings is 1. The first kappa shape index (κ1) is 31.8. The van der Waals surface area contributed by atoms with Gasteiger partial charge in [-0.2, -0.15) is 0 Å². The van der Waals surface area contributed by atoms with Gasteiger partial charge in [-0.25, -0.2) is 19.2 Å². The van der Waals surface area contributed by atoms with Crippen LogP contribution in [0.4, 0.5) is 10.3 Å². The minimum Gasteiger partial charge on any atom is -0.493 e. The summed E-state index contributed by atoms with van der Waals surface area (Å²) in [6, 6.07) is 2.90. The second-order valence-corrected chi connectivity index (χ2v) is 9.93. The van der Waals surface area contributed by atoms with E-state index in [4.69, 9.17) is 14.2 Å². The van der Waals surface area contributed by atoms with E-state index < -0.39 is 29.7 Å². The fourth-order valence-electron chi connectivity index (χ4n) is 4.67. The summed E-state index contributed by atoms with van der Waals surface area (Å²) in [7, 11) is 0. The van der Waals surface area contributed by atoms with E-state index in [2.05, 4.69) is 27.1 Å². The van der Waals surface area contributed by atoms with E-state index in [-0.39, 0.29) is 31.6 Å². The van der Waals surface area contributed by atoms with Crippen LogP contribution in [0.25, 0.3) is 0 Å². The summed E-state index contributed by atoms with van der Waals surface area (Å²) in [5.41, 5.74) is 0.898. The van der Waals surface area contributed by atoms with Crippen LogP contribution in [0.15, 0.2) is 30.6 Å². The Kier molecular flexibility index (Phi) is 12.8. The number of carbonyl (C=O) groups is 3. The van der Waals surface area contributed by atoms with Crippen molar-refractivity contribution in [2.75, 3.05) is 37.8 Å². The number of amides is 1. The van der Waals surface area contributed by atoms with Crippen molar-refractivity contribution >= 4 is 23.8 Å². The Morgan fingerprint density at radius 3 is 2.41 bits per heavy atom. The normalized spacial score (nSPS) is 14.3. The SMILES string of the molecule is CCOC(=O)CC[C@H](NC(=O)c1ccc(OCCCC2CCN(c3ncc(CC)cn3)CC2)cc1F)C(=O)OCC. The molecular weight excluding hydrogens is 531 g/mol. The molecule has 0 bridgehead atoms. The summed E-state index contributed by atoms with van der Waals surface area (Å²) in [6.07, 6.45) is 8.55. The molecule has 1 aromatic heterocycles. The van der Waals surface area contributed by atoms with Crippen LogP contribution >= 0.6 is 0 Å². The van der Waals surface area contributed by atoms with Crippen LogP contribution in [0.2, 0.25) is 0 Å². The molecule has 1 aliphatic heterocycles. The monoisotopic (exact) mass is 572 g/mol. The molecule has 1 aromatic carbocycles. The van der Waals surface area contributed by atoms with Crippen molar-refractivity contribution < 1.29 is 33.0 Å². The Bertz CT molecular complexity index is 1140. The molecule has 2 heterocycles. The molecule has 10 nitrogen and oxygen atoms in total. The van der Waals surface area contributed by atoms with Crippen molar-refractivity contribution in [1.82, 2.24) is 15.3 Å². The Morgan fingerprint density at radius 1 is 1.07 bits per heavy atom. The first-order valence-corrected chi connectivity index (χ1v) is 14.5. The summed E-state index contributed by atoms with van der Waals surface area (Å²) in [6.45, 7) is 7.98. The van der Waals surface area contributed by atoms with E-state index in [1.807, 2.05) is 12.4 Å². The third-order valence-corrected chi connectivity index (χ3v) is 7.03. The zero-order chi connectivity index (χ0) is 29.6. The predicted octanol–water partition coefficient (Wildman–Crippen LogP) is 4.26. The fraction of sp³-hybridized carbons (Fsp3) is 0.567. The topological polar surface area (TPSA) is 120 Å². The van der Waals surface area contributed by atoms with Crippen molar-refractivity contribution in [3.05, 3.63) is 47.5 Å². The summed E-state index contributed by atoms with van der Waals surface area (Å²) in [5.74, 6) is -1.05. The van der Waals surface area contributed by atoms with Gasteiger partial charge < -0.3 is 24.4 Å². The fourth-order valence-corrected chi connectivity index (χ4v) is 4.67. The van der Waals surface area contributed by atoms with Crippen molar-refractivity contribution in [2.24, 2.45) is 5.92 Å². The number of piperidine rings is 1. The number of nitrogens with zero attached hydrogens (tertiary/aromatic N) is 3. The van der Waals surface area contributed by atoms with Crippen LogP contribution in [0, 0.1) is 11.7 Å². The minimum absolute atomic E-state index is 0.0227. The van der Waals surface area contributed by atoms with Crippen LogP contribution in [-0.2, 0) is 25.5 Å². The van der Waals surface area contributed by atoms with Crippen LogP contribution in [-0.4, -0.2) is 66.8 Å². The number of anilines is 1. The predicted molar refractivity (Wildman–Crippen MR) is 151 cm³/mol. The van der Waals surface area contributed by atoms with Crippen molar-refractivity contribution in [3.8, 4) is 5.75 Å². The lowest BCUT2D eigenvalue weighted by atomic mass is 9.92. The average molecular weight is 573 g/mol. The van der Waals surface area contributed by atoms with Gasteiger partial charge in [0.25, 0.3) is 5.91 Å². The first-order chi connectivity index (χ1) is 19.8. The van der Waals surface area contributed by atoms with E-state index in [1.54, 1.807) is 13.8 Å². The Hall–Kier alpha value is -3.76. The molecule has 1 amide bonds. The molecule has 1 N–H and O–H groups in total. The van der Waals surface area contributed by atoms with Crippen molar-refractivity contribution in [1.29, 1.82) is 0 Å². The number of hydrogen-bond donors (Lipinski definition) is 1. The molecule has 1 fully saturated rings. The zero-order valence-corrected chi connectivity index (χ0v) is 24.2. The van der Waals surface area contributed by atoms with E-state index in [1.165, 1.54) is 12.1 Å². The Morgan fingerprint density at radius 2 is 1.78 bits per heavy atom. The molecule has 0 spiro atoms. The molecule has 41 heavy (non-hydrogen) atoms. The largest absolute Gasteiger partial charge is 0.493 e. The number of esters is 2.